The van der Waals surface area contributed by atoms with Crippen molar-refractivity contribution in [2.24, 2.45) is 5.41 Å². The fourth-order valence-corrected chi connectivity index (χ4v) is 1.81. The molecular formula is C13H19N3. The van der Waals surface area contributed by atoms with Gasteiger partial charge in [0.05, 0.1) is 0 Å². The minimum Gasteiger partial charge on any atom is -0.302 e. The zero-order valence-corrected chi connectivity index (χ0v) is 10.5. The Morgan fingerprint density at radius 1 is 1.44 bits per heavy atom. The van der Waals surface area contributed by atoms with Gasteiger partial charge >= 0.3 is 0 Å². The minimum atomic E-state index is 0.292. The van der Waals surface area contributed by atoms with Crippen molar-refractivity contribution < 1.29 is 0 Å². The smallest absolute Gasteiger partial charge is 0.140 e. The Morgan fingerprint density at radius 3 is 2.69 bits per heavy atom. The van der Waals surface area contributed by atoms with E-state index in [2.05, 4.69) is 43.8 Å². The molecular weight excluding hydrogens is 198 g/mol. The van der Waals surface area contributed by atoms with Gasteiger partial charge in [0.15, 0.2) is 0 Å². The lowest BCUT2D eigenvalue weighted by Crippen LogP contribution is -2.28. The summed E-state index contributed by atoms with van der Waals surface area (Å²) in [5.41, 5.74) is 1.92. The van der Waals surface area contributed by atoms with Gasteiger partial charge < -0.3 is 4.90 Å². The van der Waals surface area contributed by atoms with Crippen LogP contribution in [0.1, 0.15) is 32.0 Å². The lowest BCUT2D eigenvalue weighted by molar-refractivity contribution is 0.221. The maximum atomic E-state index is 8.76. The highest BCUT2D eigenvalue weighted by Crippen LogP contribution is 2.15. The monoisotopic (exact) mass is 217 g/mol. The molecule has 1 aromatic rings. The highest BCUT2D eigenvalue weighted by molar-refractivity contribution is 5.25. The van der Waals surface area contributed by atoms with Crippen molar-refractivity contribution in [1.82, 2.24) is 9.88 Å². The van der Waals surface area contributed by atoms with E-state index in [1.807, 2.05) is 12.1 Å². The first-order valence-corrected chi connectivity index (χ1v) is 5.44. The molecule has 0 aliphatic rings. The fraction of sp³-hybridized carbons (Fsp3) is 0.538. The van der Waals surface area contributed by atoms with Crippen LogP contribution >= 0.6 is 0 Å². The lowest BCUT2D eigenvalue weighted by Gasteiger charge is -2.26. The summed E-state index contributed by atoms with van der Waals surface area (Å²) < 4.78 is 0. The van der Waals surface area contributed by atoms with Gasteiger partial charge in [-0.15, -0.1) is 0 Å². The summed E-state index contributed by atoms with van der Waals surface area (Å²) >= 11 is 0. The summed E-state index contributed by atoms with van der Waals surface area (Å²) in [5.74, 6) is 0. The molecule has 0 spiro atoms. The van der Waals surface area contributed by atoms with E-state index in [0.717, 1.165) is 18.7 Å². The molecule has 16 heavy (non-hydrogen) atoms. The van der Waals surface area contributed by atoms with Crippen LogP contribution in [0.4, 0.5) is 0 Å². The Balaban J connectivity index is 2.63. The van der Waals surface area contributed by atoms with Crippen molar-refractivity contribution in [3.63, 3.8) is 0 Å². The number of hydrogen-bond acceptors (Lipinski definition) is 3. The molecule has 0 aliphatic carbocycles. The summed E-state index contributed by atoms with van der Waals surface area (Å²) in [6, 6.07) is 5.86. The van der Waals surface area contributed by atoms with Gasteiger partial charge in [-0.1, -0.05) is 20.8 Å². The number of hydrogen-bond donors (Lipinski definition) is 0. The molecule has 0 atom stereocenters. The Bertz CT molecular complexity index is 385. The van der Waals surface area contributed by atoms with Crippen molar-refractivity contribution in [3.8, 4) is 6.07 Å². The third kappa shape index (κ3) is 4.41. The van der Waals surface area contributed by atoms with Crippen LogP contribution in [0.3, 0.4) is 0 Å². The second kappa shape index (κ2) is 5.09. The van der Waals surface area contributed by atoms with E-state index in [-0.39, 0.29) is 0 Å². The maximum Gasteiger partial charge on any atom is 0.140 e. The first kappa shape index (κ1) is 12.7. The van der Waals surface area contributed by atoms with Crippen molar-refractivity contribution >= 4 is 0 Å². The van der Waals surface area contributed by atoms with E-state index >= 15 is 0 Å². The fourth-order valence-electron chi connectivity index (χ4n) is 1.81. The molecule has 0 aliphatic heterocycles. The molecule has 1 aromatic heterocycles. The summed E-state index contributed by atoms with van der Waals surface area (Å²) in [7, 11) is 2.09. The van der Waals surface area contributed by atoms with Crippen molar-refractivity contribution in [2.45, 2.75) is 27.3 Å². The van der Waals surface area contributed by atoms with Gasteiger partial charge in [-0.2, -0.15) is 5.26 Å². The predicted octanol–water partition coefficient (Wildman–Crippen LogP) is 2.43. The van der Waals surface area contributed by atoms with Gasteiger partial charge in [-0.3, -0.25) is 0 Å². The average Bonchev–Trinajstić information content (AvgIpc) is 2.15. The largest absolute Gasteiger partial charge is 0.302 e. The Morgan fingerprint density at radius 2 is 2.12 bits per heavy atom. The van der Waals surface area contributed by atoms with Gasteiger partial charge in [0, 0.05) is 19.3 Å². The van der Waals surface area contributed by atoms with Gasteiger partial charge in [-0.05, 0) is 30.2 Å². The van der Waals surface area contributed by atoms with Crippen LogP contribution in [0, 0.1) is 16.7 Å². The highest BCUT2D eigenvalue weighted by Gasteiger charge is 2.13. The molecule has 1 rings (SSSR count). The number of aromatic nitrogens is 1. The molecule has 0 unspecified atom stereocenters. The molecule has 86 valence electrons. The van der Waals surface area contributed by atoms with Gasteiger partial charge in [0.25, 0.3) is 0 Å². The van der Waals surface area contributed by atoms with Gasteiger partial charge in [-0.25, -0.2) is 4.98 Å². The molecule has 0 saturated heterocycles. The van der Waals surface area contributed by atoms with Crippen molar-refractivity contribution in [1.29, 1.82) is 5.26 Å². The molecule has 0 aromatic carbocycles. The third-order valence-electron chi connectivity index (χ3n) is 2.14. The molecule has 1 heterocycles. The van der Waals surface area contributed by atoms with Crippen LogP contribution in [-0.4, -0.2) is 23.5 Å². The van der Waals surface area contributed by atoms with Crippen LogP contribution in [0.25, 0.3) is 0 Å². The van der Waals surface area contributed by atoms with E-state index in [1.54, 1.807) is 6.20 Å². The van der Waals surface area contributed by atoms with E-state index in [9.17, 15) is 0 Å². The summed E-state index contributed by atoms with van der Waals surface area (Å²) in [6.07, 6.45) is 1.69. The predicted molar refractivity (Wildman–Crippen MR) is 64.7 cm³/mol. The Hall–Kier alpha value is -1.40. The van der Waals surface area contributed by atoms with Crippen molar-refractivity contribution in [3.05, 3.63) is 29.6 Å². The zero-order valence-electron chi connectivity index (χ0n) is 10.5. The normalized spacial score (nSPS) is 11.5. The lowest BCUT2D eigenvalue weighted by atomic mass is 9.96. The van der Waals surface area contributed by atoms with E-state index < -0.39 is 0 Å². The highest BCUT2D eigenvalue weighted by atomic mass is 15.1. The molecule has 0 N–H and O–H groups in total. The van der Waals surface area contributed by atoms with Crippen LogP contribution in [0.2, 0.25) is 0 Å². The second-order valence-corrected chi connectivity index (χ2v) is 5.39. The molecule has 0 fully saturated rings. The topological polar surface area (TPSA) is 39.9 Å². The number of pyridine rings is 1. The van der Waals surface area contributed by atoms with Crippen LogP contribution in [0.5, 0.6) is 0 Å². The standard InChI is InChI=1S/C13H19N3/c1-13(2,3)10-16(4)9-11-5-6-15-12(7-11)8-14/h5-7H,9-10H2,1-4H3. The number of nitriles is 1. The zero-order chi connectivity index (χ0) is 12.2. The second-order valence-electron chi connectivity index (χ2n) is 5.39. The molecule has 3 heteroatoms. The maximum absolute atomic E-state index is 8.76. The summed E-state index contributed by atoms with van der Waals surface area (Å²) in [6.45, 7) is 8.54. The van der Waals surface area contributed by atoms with Crippen LogP contribution in [0.15, 0.2) is 18.3 Å². The molecule has 3 nitrogen and oxygen atoms in total. The molecule has 0 saturated carbocycles. The van der Waals surface area contributed by atoms with E-state index in [0.29, 0.717) is 11.1 Å². The Labute approximate surface area is 97.7 Å². The van der Waals surface area contributed by atoms with Gasteiger partial charge in [0.1, 0.15) is 11.8 Å². The van der Waals surface area contributed by atoms with E-state index in [1.165, 1.54) is 0 Å². The van der Waals surface area contributed by atoms with Crippen LogP contribution in [-0.2, 0) is 6.54 Å². The average molecular weight is 217 g/mol. The third-order valence-corrected chi connectivity index (χ3v) is 2.14. The van der Waals surface area contributed by atoms with E-state index in [4.69, 9.17) is 5.26 Å². The van der Waals surface area contributed by atoms with Gasteiger partial charge in [0.2, 0.25) is 0 Å². The summed E-state index contributed by atoms with van der Waals surface area (Å²) in [4.78, 5) is 6.22. The molecule has 0 bridgehead atoms. The first-order valence-electron chi connectivity index (χ1n) is 5.44. The number of nitrogens with zero attached hydrogens (tertiary/aromatic N) is 3. The molecule has 0 amide bonds. The Kier molecular flexibility index (Phi) is 4.03. The molecule has 0 radical (unpaired) electrons. The number of rotatable bonds is 3. The van der Waals surface area contributed by atoms with Crippen molar-refractivity contribution in [2.75, 3.05) is 13.6 Å². The minimum absolute atomic E-state index is 0.292. The first-order chi connectivity index (χ1) is 7.40. The quantitative estimate of drug-likeness (QED) is 0.780. The SMILES string of the molecule is CN(Cc1ccnc(C#N)c1)CC(C)(C)C. The van der Waals surface area contributed by atoms with Crippen LogP contribution < -0.4 is 0 Å². The summed E-state index contributed by atoms with van der Waals surface area (Å²) in [5, 5.41) is 8.76.